The molecule has 0 saturated carbocycles. The maximum Gasteiger partial charge on any atom is 0.308 e. The fourth-order valence-electron chi connectivity index (χ4n) is 2.54. The molecule has 2 aromatic rings. The van der Waals surface area contributed by atoms with E-state index in [0.717, 1.165) is 27.6 Å². The number of halogens is 1. The second-order valence-corrected chi connectivity index (χ2v) is 5.69. The first kappa shape index (κ1) is 12.4. The molecule has 1 aromatic carbocycles. The number of anilines is 1. The van der Waals surface area contributed by atoms with E-state index < -0.39 is 5.97 Å². The Morgan fingerprint density at radius 2 is 2.26 bits per heavy atom. The summed E-state index contributed by atoms with van der Waals surface area (Å²) in [6.07, 6.45) is 2.46. The van der Waals surface area contributed by atoms with Gasteiger partial charge in [0.2, 0.25) is 0 Å². The number of carboxylic acid groups (broad SMARTS) is 1. The summed E-state index contributed by atoms with van der Waals surface area (Å²) in [4.78, 5) is 17.5. The standard InChI is InChI=1S/C14H13BrN2O2/c15-11-1-2-12-9(7-11)3-5-16-13(12)17-6-4-10(8-17)14(18)19/h1-3,5,7,10H,4,6,8H2,(H,18,19). The van der Waals surface area contributed by atoms with Gasteiger partial charge in [-0.15, -0.1) is 0 Å². The molecule has 3 rings (SSSR count). The van der Waals surface area contributed by atoms with Gasteiger partial charge in [-0.1, -0.05) is 15.9 Å². The van der Waals surface area contributed by atoms with E-state index in [1.807, 2.05) is 24.3 Å². The number of benzene rings is 1. The second-order valence-electron chi connectivity index (χ2n) is 4.77. The van der Waals surface area contributed by atoms with Gasteiger partial charge < -0.3 is 10.0 Å². The van der Waals surface area contributed by atoms with E-state index in [4.69, 9.17) is 5.11 Å². The van der Waals surface area contributed by atoms with Crippen LogP contribution in [0.15, 0.2) is 34.9 Å². The van der Waals surface area contributed by atoms with Crippen molar-refractivity contribution in [2.45, 2.75) is 6.42 Å². The van der Waals surface area contributed by atoms with Crippen LogP contribution in [0.3, 0.4) is 0 Å². The van der Waals surface area contributed by atoms with Crippen LogP contribution < -0.4 is 4.90 Å². The fourth-order valence-corrected chi connectivity index (χ4v) is 2.92. The lowest BCUT2D eigenvalue weighted by Crippen LogP contribution is -2.23. The average molecular weight is 321 g/mol. The average Bonchev–Trinajstić information content (AvgIpc) is 2.87. The lowest BCUT2D eigenvalue weighted by molar-refractivity contribution is -0.140. The van der Waals surface area contributed by atoms with Crippen molar-refractivity contribution >= 4 is 38.5 Å². The third-order valence-corrected chi connectivity index (χ3v) is 4.04. The molecule has 1 N–H and O–H groups in total. The predicted molar refractivity (Wildman–Crippen MR) is 77.4 cm³/mol. The Bertz CT molecular complexity index is 644. The Morgan fingerprint density at radius 3 is 3.00 bits per heavy atom. The van der Waals surface area contributed by atoms with Gasteiger partial charge in [0.15, 0.2) is 0 Å². The van der Waals surface area contributed by atoms with Crippen LogP contribution in [-0.4, -0.2) is 29.1 Å². The molecule has 1 atom stereocenters. The van der Waals surface area contributed by atoms with Gasteiger partial charge in [-0.25, -0.2) is 4.98 Å². The zero-order valence-corrected chi connectivity index (χ0v) is 11.8. The highest BCUT2D eigenvalue weighted by atomic mass is 79.9. The van der Waals surface area contributed by atoms with Crippen LogP contribution in [0.4, 0.5) is 5.82 Å². The smallest absolute Gasteiger partial charge is 0.308 e. The van der Waals surface area contributed by atoms with Crippen LogP contribution in [0, 0.1) is 5.92 Å². The molecule has 19 heavy (non-hydrogen) atoms. The predicted octanol–water partition coefficient (Wildman–Crippen LogP) is 2.91. The lowest BCUT2D eigenvalue weighted by atomic mass is 10.1. The van der Waals surface area contributed by atoms with Crippen molar-refractivity contribution in [3.05, 3.63) is 34.9 Å². The van der Waals surface area contributed by atoms with E-state index in [2.05, 4.69) is 25.8 Å². The first-order valence-electron chi connectivity index (χ1n) is 6.17. The van der Waals surface area contributed by atoms with Gasteiger partial charge in [0.25, 0.3) is 0 Å². The summed E-state index contributed by atoms with van der Waals surface area (Å²) < 4.78 is 1.03. The second kappa shape index (κ2) is 4.81. The minimum atomic E-state index is -0.717. The Labute approximate surface area is 119 Å². The molecule has 1 fully saturated rings. The Balaban J connectivity index is 2.00. The number of aromatic nitrogens is 1. The number of carboxylic acids is 1. The third kappa shape index (κ3) is 2.30. The zero-order chi connectivity index (χ0) is 13.4. The van der Waals surface area contributed by atoms with Gasteiger partial charge in [0.05, 0.1) is 5.92 Å². The maximum atomic E-state index is 11.0. The van der Waals surface area contributed by atoms with Gasteiger partial charge >= 0.3 is 5.97 Å². The number of fused-ring (bicyclic) bond motifs is 1. The van der Waals surface area contributed by atoms with Crippen LogP contribution in [0.5, 0.6) is 0 Å². The van der Waals surface area contributed by atoms with Crippen molar-refractivity contribution in [3.63, 3.8) is 0 Å². The topological polar surface area (TPSA) is 53.4 Å². The van der Waals surface area contributed by atoms with Crippen LogP contribution in [0.2, 0.25) is 0 Å². The van der Waals surface area contributed by atoms with Crippen molar-refractivity contribution in [1.82, 2.24) is 4.98 Å². The third-order valence-electron chi connectivity index (χ3n) is 3.54. The Morgan fingerprint density at radius 1 is 1.42 bits per heavy atom. The summed E-state index contributed by atoms with van der Waals surface area (Å²) in [7, 11) is 0. The normalized spacial score (nSPS) is 19.0. The largest absolute Gasteiger partial charge is 0.481 e. The van der Waals surface area contributed by atoms with Crippen molar-refractivity contribution in [2.75, 3.05) is 18.0 Å². The van der Waals surface area contributed by atoms with Gasteiger partial charge in [-0.2, -0.15) is 0 Å². The molecule has 0 amide bonds. The van der Waals surface area contributed by atoms with E-state index in [1.54, 1.807) is 6.20 Å². The molecular weight excluding hydrogens is 308 g/mol. The highest BCUT2D eigenvalue weighted by Crippen LogP contribution is 2.30. The van der Waals surface area contributed by atoms with Crippen molar-refractivity contribution in [2.24, 2.45) is 5.92 Å². The lowest BCUT2D eigenvalue weighted by Gasteiger charge is -2.18. The van der Waals surface area contributed by atoms with Crippen molar-refractivity contribution in [1.29, 1.82) is 0 Å². The molecule has 2 heterocycles. The molecule has 4 nitrogen and oxygen atoms in total. The molecule has 1 aromatic heterocycles. The van der Waals surface area contributed by atoms with Gasteiger partial charge in [-0.05, 0) is 36.1 Å². The summed E-state index contributed by atoms with van der Waals surface area (Å²) in [5, 5.41) is 11.3. The molecular formula is C14H13BrN2O2. The summed E-state index contributed by atoms with van der Waals surface area (Å²) in [6.45, 7) is 1.29. The quantitative estimate of drug-likeness (QED) is 0.924. The number of nitrogens with zero attached hydrogens (tertiary/aromatic N) is 2. The van der Waals surface area contributed by atoms with Gasteiger partial charge in [0.1, 0.15) is 5.82 Å². The highest BCUT2D eigenvalue weighted by molar-refractivity contribution is 9.10. The number of rotatable bonds is 2. The molecule has 1 aliphatic heterocycles. The summed E-state index contributed by atoms with van der Waals surface area (Å²) in [6, 6.07) is 8.02. The van der Waals surface area contributed by atoms with Crippen LogP contribution in [0.25, 0.3) is 10.8 Å². The van der Waals surface area contributed by atoms with Crippen LogP contribution in [0.1, 0.15) is 6.42 Å². The van der Waals surface area contributed by atoms with Crippen LogP contribution in [-0.2, 0) is 4.79 Å². The zero-order valence-electron chi connectivity index (χ0n) is 10.2. The Kier molecular flexibility index (Phi) is 3.14. The minimum Gasteiger partial charge on any atom is -0.481 e. The number of hydrogen-bond donors (Lipinski definition) is 1. The molecule has 0 aliphatic carbocycles. The number of pyridine rings is 1. The summed E-state index contributed by atoms with van der Waals surface area (Å²) >= 11 is 3.46. The van der Waals surface area contributed by atoms with E-state index in [-0.39, 0.29) is 5.92 Å². The molecule has 0 spiro atoms. The number of aliphatic carboxylic acids is 1. The van der Waals surface area contributed by atoms with E-state index in [0.29, 0.717) is 13.0 Å². The van der Waals surface area contributed by atoms with Crippen molar-refractivity contribution in [3.8, 4) is 0 Å². The highest BCUT2D eigenvalue weighted by Gasteiger charge is 2.29. The number of hydrogen-bond acceptors (Lipinski definition) is 3. The van der Waals surface area contributed by atoms with E-state index in [1.165, 1.54) is 0 Å². The molecule has 0 bridgehead atoms. The SMILES string of the molecule is O=C(O)C1CCN(c2nccc3cc(Br)ccc23)C1. The molecule has 1 saturated heterocycles. The monoisotopic (exact) mass is 320 g/mol. The first-order chi connectivity index (χ1) is 9.15. The molecule has 5 heteroatoms. The molecule has 0 radical (unpaired) electrons. The van der Waals surface area contributed by atoms with Crippen LogP contribution >= 0.6 is 15.9 Å². The first-order valence-corrected chi connectivity index (χ1v) is 6.96. The fraction of sp³-hybridized carbons (Fsp3) is 0.286. The molecule has 1 unspecified atom stereocenters. The van der Waals surface area contributed by atoms with Gasteiger partial charge in [0, 0.05) is 29.1 Å². The van der Waals surface area contributed by atoms with E-state index in [9.17, 15) is 4.79 Å². The number of carbonyl (C=O) groups is 1. The van der Waals surface area contributed by atoms with E-state index >= 15 is 0 Å². The minimum absolute atomic E-state index is 0.285. The summed E-state index contributed by atoms with van der Waals surface area (Å²) in [5.41, 5.74) is 0. The van der Waals surface area contributed by atoms with Crippen molar-refractivity contribution < 1.29 is 9.90 Å². The van der Waals surface area contributed by atoms with Gasteiger partial charge in [-0.3, -0.25) is 4.79 Å². The maximum absolute atomic E-state index is 11.0. The Hall–Kier alpha value is -1.62. The molecule has 98 valence electrons. The summed E-state index contributed by atoms with van der Waals surface area (Å²) in [5.74, 6) is -0.119. The molecule has 1 aliphatic rings.